The van der Waals surface area contributed by atoms with E-state index in [1.807, 2.05) is 38.1 Å². The molecule has 0 spiro atoms. The second kappa shape index (κ2) is 21.1. The van der Waals surface area contributed by atoms with Crippen LogP contribution in [0, 0.1) is 11.8 Å². The number of carbonyl (C=O) groups excluding carboxylic acids is 3. The molecule has 0 fully saturated rings. The van der Waals surface area contributed by atoms with Crippen molar-refractivity contribution in [2.24, 2.45) is 11.8 Å². The van der Waals surface area contributed by atoms with E-state index >= 15 is 0 Å². The largest absolute Gasteiger partial charge is 0.464 e. The maximum atomic E-state index is 13.8. The van der Waals surface area contributed by atoms with E-state index in [-0.39, 0.29) is 51.2 Å². The number of carbonyl (C=O) groups is 3. The molecule has 3 aromatic rings. The number of amides is 1. The van der Waals surface area contributed by atoms with Crippen LogP contribution >= 0.6 is 7.60 Å². The second-order valence-corrected chi connectivity index (χ2v) is 16.4. The molecule has 0 bridgehead atoms. The minimum Gasteiger partial charge on any atom is -0.464 e. The molecule has 1 aromatic carbocycles. The van der Waals surface area contributed by atoms with Gasteiger partial charge in [0.05, 0.1) is 38.7 Å². The summed E-state index contributed by atoms with van der Waals surface area (Å²) < 4.78 is 48.7. The number of imidazole rings is 1. The smallest absolute Gasteiger partial charge is 0.408 e. The summed E-state index contributed by atoms with van der Waals surface area (Å²) >= 11 is 0. The molecule has 0 aliphatic carbocycles. The van der Waals surface area contributed by atoms with Crippen LogP contribution in [-0.4, -0.2) is 88.6 Å². The van der Waals surface area contributed by atoms with Crippen LogP contribution < -0.4 is 11.1 Å². The summed E-state index contributed by atoms with van der Waals surface area (Å²) in [5.41, 5.74) is 8.14. The van der Waals surface area contributed by atoms with Gasteiger partial charge in [-0.1, -0.05) is 58.4 Å². The number of rotatable bonds is 22. The van der Waals surface area contributed by atoms with E-state index in [4.69, 9.17) is 33.7 Å². The van der Waals surface area contributed by atoms with Crippen molar-refractivity contribution in [1.82, 2.24) is 24.8 Å². The van der Waals surface area contributed by atoms with Gasteiger partial charge < -0.3 is 43.6 Å². The van der Waals surface area contributed by atoms with Crippen molar-refractivity contribution >= 4 is 42.6 Å². The van der Waals surface area contributed by atoms with Crippen molar-refractivity contribution in [2.45, 2.75) is 98.8 Å². The normalized spacial score (nSPS) is 14.6. The average Bonchev–Trinajstić information content (AvgIpc) is 3.53. The highest BCUT2D eigenvalue weighted by atomic mass is 31.2. The molecule has 0 saturated carbocycles. The number of nitrogens with zero attached hydrogens (tertiary/aromatic N) is 4. The fraction of sp³-hybridized carbons (Fsp3) is 0.622. The summed E-state index contributed by atoms with van der Waals surface area (Å²) in [6.07, 6.45) is 3.49. The van der Waals surface area contributed by atoms with Crippen LogP contribution in [-0.2, 0) is 55.1 Å². The predicted octanol–water partition coefficient (Wildman–Crippen LogP) is 6.03. The van der Waals surface area contributed by atoms with Crippen LogP contribution in [0.2, 0.25) is 0 Å². The van der Waals surface area contributed by atoms with E-state index in [9.17, 15) is 18.9 Å². The standard InChI is InChI=1S/C37H57N6O10P/c1-9-26(4)30(42-36(46)53-37(6,7)8)35(45)49-16-10-17-51-54(47,24-48-18-15-43-23-41-31-32(38)39-22-40-33(31)43)52-20-19-50-34(44)27(5)29-13-11-28(12-14-29)21-25(2)3/h11-14,22-23,25-27,30H,9-10,15-21,24H2,1-8H3,(H,42,46)(H2,38,39,40)/t26?,27?,30-,54?/m1/s1. The quantitative estimate of drug-likeness (QED) is 0.0518. The Kier molecular flexibility index (Phi) is 17.3. The van der Waals surface area contributed by atoms with Crippen LogP contribution in [0.4, 0.5) is 10.6 Å². The van der Waals surface area contributed by atoms with E-state index in [2.05, 4.69) is 34.1 Å². The average molecular weight is 777 g/mol. The molecular formula is C37H57N6O10P. The van der Waals surface area contributed by atoms with Crippen molar-refractivity contribution in [3.63, 3.8) is 0 Å². The zero-order valence-corrected chi connectivity index (χ0v) is 33.6. The molecule has 3 rings (SSSR count). The number of aromatic nitrogens is 4. The first kappa shape index (κ1) is 44.3. The lowest BCUT2D eigenvalue weighted by molar-refractivity contribution is -0.148. The highest BCUT2D eigenvalue weighted by molar-refractivity contribution is 7.53. The Hall–Kier alpha value is -4.11. The molecular weight excluding hydrogens is 719 g/mol. The van der Waals surface area contributed by atoms with Crippen molar-refractivity contribution in [2.75, 3.05) is 45.1 Å². The van der Waals surface area contributed by atoms with Gasteiger partial charge in [-0.25, -0.2) is 24.5 Å². The molecule has 300 valence electrons. The molecule has 0 saturated heterocycles. The summed E-state index contributed by atoms with van der Waals surface area (Å²) in [4.78, 5) is 50.4. The second-order valence-electron chi connectivity index (χ2n) is 14.4. The Morgan fingerprint density at radius 2 is 1.59 bits per heavy atom. The number of ether oxygens (including phenoxy) is 4. The molecule has 0 aliphatic rings. The van der Waals surface area contributed by atoms with E-state index < -0.39 is 49.5 Å². The zero-order chi connectivity index (χ0) is 39.9. The summed E-state index contributed by atoms with van der Waals surface area (Å²) in [6.45, 7) is 14.8. The van der Waals surface area contributed by atoms with E-state index in [0.29, 0.717) is 30.0 Å². The van der Waals surface area contributed by atoms with Crippen LogP contribution in [0.25, 0.3) is 11.2 Å². The number of esters is 2. The molecule has 3 N–H and O–H groups in total. The van der Waals surface area contributed by atoms with E-state index in [1.54, 1.807) is 38.6 Å². The van der Waals surface area contributed by atoms with Gasteiger partial charge in [-0.3, -0.25) is 9.36 Å². The number of fused-ring (bicyclic) bond motifs is 1. The Bertz CT molecular complexity index is 1690. The van der Waals surface area contributed by atoms with Crippen LogP contribution in [0.1, 0.15) is 85.3 Å². The van der Waals surface area contributed by atoms with Gasteiger partial charge in [0.2, 0.25) is 0 Å². The molecule has 3 unspecified atom stereocenters. The Labute approximate surface area is 317 Å². The number of hydrogen-bond donors (Lipinski definition) is 2. The van der Waals surface area contributed by atoms with E-state index in [0.717, 1.165) is 12.0 Å². The fourth-order valence-electron chi connectivity index (χ4n) is 5.14. The molecule has 0 aliphatic heterocycles. The first-order valence-electron chi connectivity index (χ1n) is 18.3. The van der Waals surface area contributed by atoms with Gasteiger partial charge in [-0.05, 0) is 57.1 Å². The molecule has 16 nitrogen and oxygen atoms in total. The highest BCUT2D eigenvalue weighted by Crippen LogP contribution is 2.48. The number of benzene rings is 1. The molecule has 17 heteroatoms. The monoisotopic (exact) mass is 776 g/mol. The Morgan fingerprint density at radius 3 is 2.26 bits per heavy atom. The third-order valence-corrected chi connectivity index (χ3v) is 9.86. The maximum Gasteiger partial charge on any atom is 0.408 e. The molecule has 1 amide bonds. The molecule has 4 atom stereocenters. The van der Waals surface area contributed by atoms with Gasteiger partial charge in [0.1, 0.15) is 36.4 Å². The van der Waals surface area contributed by atoms with Crippen LogP contribution in [0.15, 0.2) is 36.9 Å². The summed E-state index contributed by atoms with van der Waals surface area (Å²) in [7, 11) is -3.88. The van der Waals surface area contributed by atoms with Crippen molar-refractivity contribution in [3.05, 3.63) is 48.0 Å². The number of nitrogens with two attached hydrogens (primary N) is 1. The lowest BCUT2D eigenvalue weighted by Gasteiger charge is -2.25. The lowest BCUT2D eigenvalue weighted by atomic mass is 9.97. The predicted molar refractivity (Wildman–Crippen MR) is 203 cm³/mol. The molecule has 0 radical (unpaired) electrons. The maximum absolute atomic E-state index is 13.8. The Balaban J connectivity index is 1.54. The molecule has 2 heterocycles. The zero-order valence-electron chi connectivity index (χ0n) is 32.7. The lowest BCUT2D eigenvalue weighted by Crippen LogP contribution is -2.47. The minimum absolute atomic E-state index is 0.0741. The number of hydrogen-bond acceptors (Lipinski definition) is 14. The summed E-state index contributed by atoms with van der Waals surface area (Å²) in [5, 5.41) is 2.60. The van der Waals surface area contributed by atoms with Gasteiger partial charge in [0.25, 0.3) is 0 Å². The van der Waals surface area contributed by atoms with Gasteiger partial charge in [-0.15, -0.1) is 0 Å². The van der Waals surface area contributed by atoms with Crippen molar-refractivity contribution in [1.29, 1.82) is 0 Å². The van der Waals surface area contributed by atoms with Crippen molar-refractivity contribution in [3.8, 4) is 0 Å². The first-order valence-corrected chi connectivity index (χ1v) is 20.0. The summed E-state index contributed by atoms with van der Waals surface area (Å²) in [6, 6.07) is 6.96. The third-order valence-electron chi connectivity index (χ3n) is 8.21. The van der Waals surface area contributed by atoms with Crippen LogP contribution in [0.5, 0.6) is 0 Å². The first-order chi connectivity index (χ1) is 25.5. The summed E-state index contributed by atoms with van der Waals surface area (Å²) in [5.74, 6) is -1.02. The van der Waals surface area contributed by atoms with Gasteiger partial charge in [0.15, 0.2) is 11.5 Å². The molecule has 54 heavy (non-hydrogen) atoms. The Morgan fingerprint density at radius 1 is 0.907 bits per heavy atom. The highest BCUT2D eigenvalue weighted by Gasteiger charge is 2.30. The van der Waals surface area contributed by atoms with Crippen LogP contribution in [0.3, 0.4) is 0 Å². The number of nitrogens with one attached hydrogen (secondary N) is 1. The fourth-order valence-corrected chi connectivity index (χ4v) is 6.47. The number of anilines is 1. The minimum atomic E-state index is -3.88. The SMILES string of the molecule is CCC(C)[C@@H](NC(=O)OC(C)(C)C)C(=O)OCCCOP(=O)(COCCn1cnc2c(N)ncnc21)OCCOC(=O)C(C)c1ccc(CC(C)C)cc1. The van der Waals surface area contributed by atoms with Gasteiger partial charge >= 0.3 is 25.6 Å². The van der Waals surface area contributed by atoms with Crippen molar-refractivity contribution < 1.29 is 46.9 Å². The third kappa shape index (κ3) is 14.6. The van der Waals surface area contributed by atoms with E-state index in [1.165, 1.54) is 11.9 Å². The number of alkyl carbamates (subject to hydrolysis) is 1. The van der Waals surface area contributed by atoms with Gasteiger partial charge in [-0.2, -0.15) is 0 Å². The molecule has 2 aromatic heterocycles. The topological polar surface area (TPSA) is 205 Å². The van der Waals surface area contributed by atoms with Gasteiger partial charge in [0, 0.05) is 13.0 Å². The number of nitrogen functional groups attached to an aromatic ring is 1.